The second-order valence-corrected chi connectivity index (χ2v) is 5.48. The lowest BCUT2D eigenvalue weighted by molar-refractivity contribution is 0.101. The third kappa shape index (κ3) is 3.07. The molecule has 1 nitrogen and oxygen atoms in total. The minimum atomic E-state index is 0.0757. The van der Waals surface area contributed by atoms with Crippen LogP contribution in [0.25, 0.3) is 11.1 Å². The van der Waals surface area contributed by atoms with E-state index in [9.17, 15) is 4.79 Å². The van der Waals surface area contributed by atoms with Gasteiger partial charge in [-0.2, -0.15) is 0 Å². The quantitative estimate of drug-likeness (QED) is 0.557. The normalized spacial score (nSPS) is 10.3. The highest BCUT2D eigenvalue weighted by atomic mass is 127. The largest absolute Gasteiger partial charge is 0.295 e. The molecule has 0 aliphatic heterocycles. The van der Waals surface area contributed by atoms with Crippen molar-refractivity contribution in [1.29, 1.82) is 0 Å². The number of carbonyl (C=O) groups excluding carboxylic acids is 1. The maximum absolute atomic E-state index is 11.4. The van der Waals surface area contributed by atoms with Crippen molar-refractivity contribution in [2.45, 2.75) is 6.92 Å². The van der Waals surface area contributed by atoms with Crippen molar-refractivity contribution in [3.05, 3.63) is 56.6 Å². The van der Waals surface area contributed by atoms with Gasteiger partial charge >= 0.3 is 0 Å². The Balaban J connectivity index is 2.56. The van der Waals surface area contributed by atoms with Crippen molar-refractivity contribution in [1.82, 2.24) is 0 Å². The van der Waals surface area contributed by atoms with Crippen LogP contribution < -0.4 is 0 Å². The van der Waals surface area contributed by atoms with E-state index in [0.717, 1.165) is 20.3 Å². The van der Waals surface area contributed by atoms with E-state index in [0.29, 0.717) is 5.02 Å². The molecule has 0 aromatic heterocycles. The number of hydrogen-bond donors (Lipinski definition) is 0. The van der Waals surface area contributed by atoms with Gasteiger partial charge in [-0.1, -0.05) is 23.7 Å². The van der Waals surface area contributed by atoms with Gasteiger partial charge in [-0.25, -0.2) is 0 Å². The molecule has 0 bridgehead atoms. The molecule has 0 aliphatic rings. The summed E-state index contributed by atoms with van der Waals surface area (Å²) in [5.41, 5.74) is 2.77. The maximum atomic E-state index is 11.4. The van der Waals surface area contributed by atoms with Crippen molar-refractivity contribution >= 4 is 40.0 Å². The minimum absolute atomic E-state index is 0.0757. The van der Waals surface area contributed by atoms with Gasteiger partial charge in [-0.15, -0.1) is 0 Å². The zero-order valence-corrected chi connectivity index (χ0v) is 12.1. The molecular formula is C14H10ClIO. The summed E-state index contributed by atoms with van der Waals surface area (Å²) in [6, 6.07) is 13.5. The fourth-order valence-electron chi connectivity index (χ4n) is 1.63. The Bertz CT molecular complexity index is 578. The predicted molar refractivity (Wildman–Crippen MR) is 79.6 cm³/mol. The molecule has 2 aromatic carbocycles. The summed E-state index contributed by atoms with van der Waals surface area (Å²) >= 11 is 8.18. The zero-order valence-electron chi connectivity index (χ0n) is 9.21. The minimum Gasteiger partial charge on any atom is -0.295 e. The first kappa shape index (κ1) is 12.6. The molecule has 0 saturated carbocycles. The summed E-state index contributed by atoms with van der Waals surface area (Å²) in [6.45, 7) is 1.58. The molecule has 0 fully saturated rings. The Morgan fingerprint density at radius 3 is 2.53 bits per heavy atom. The maximum Gasteiger partial charge on any atom is 0.159 e. The van der Waals surface area contributed by atoms with E-state index in [2.05, 4.69) is 22.6 Å². The molecule has 0 aliphatic carbocycles. The number of benzene rings is 2. The molecule has 86 valence electrons. The Labute approximate surface area is 119 Å². The van der Waals surface area contributed by atoms with E-state index in [4.69, 9.17) is 11.6 Å². The number of halogens is 2. The van der Waals surface area contributed by atoms with Crippen LogP contribution >= 0.6 is 34.2 Å². The summed E-state index contributed by atoms with van der Waals surface area (Å²) in [7, 11) is 0. The molecule has 0 unspecified atom stereocenters. The van der Waals surface area contributed by atoms with E-state index in [1.165, 1.54) is 0 Å². The number of ketones is 1. The SMILES string of the molecule is CC(=O)c1cc(I)cc(-c2cccc(Cl)c2)c1. The number of rotatable bonds is 2. The van der Waals surface area contributed by atoms with Gasteiger partial charge in [0.25, 0.3) is 0 Å². The highest BCUT2D eigenvalue weighted by Crippen LogP contribution is 2.25. The van der Waals surface area contributed by atoms with Gasteiger partial charge in [-0.05, 0) is 71.0 Å². The van der Waals surface area contributed by atoms with E-state index >= 15 is 0 Å². The highest BCUT2D eigenvalue weighted by Gasteiger charge is 2.05. The van der Waals surface area contributed by atoms with E-state index < -0.39 is 0 Å². The molecule has 0 amide bonds. The molecule has 2 aromatic rings. The summed E-state index contributed by atoms with van der Waals surface area (Å²) in [5.74, 6) is 0.0757. The van der Waals surface area contributed by atoms with Crippen molar-refractivity contribution in [3.8, 4) is 11.1 Å². The average molecular weight is 357 g/mol. The molecule has 2 rings (SSSR count). The Morgan fingerprint density at radius 2 is 1.88 bits per heavy atom. The van der Waals surface area contributed by atoms with E-state index in [1.807, 2.05) is 42.5 Å². The number of carbonyl (C=O) groups is 1. The molecule has 0 spiro atoms. The Kier molecular flexibility index (Phi) is 3.84. The molecule has 0 heterocycles. The number of Topliss-reactive ketones (excluding diaryl/α,β-unsaturated/α-hetero) is 1. The Hall–Kier alpha value is -0.870. The summed E-state index contributed by atoms with van der Waals surface area (Å²) < 4.78 is 1.05. The lowest BCUT2D eigenvalue weighted by Gasteiger charge is -2.05. The topological polar surface area (TPSA) is 17.1 Å². The van der Waals surface area contributed by atoms with Crippen molar-refractivity contribution in [3.63, 3.8) is 0 Å². The van der Waals surface area contributed by atoms with Crippen LogP contribution in [0, 0.1) is 3.57 Å². The van der Waals surface area contributed by atoms with Gasteiger partial charge in [0.05, 0.1) is 0 Å². The molecule has 3 heteroatoms. The van der Waals surface area contributed by atoms with Gasteiger partial charge in [-0.3, -0.25) is 4.79 Å². The summed E-state index contributed by atoms with van der Waals surface area (Å²) in [5, 5.41) is 0.700. The zero-order chi connectivity index (χ0) is 12.4. The smallest absolute Gasteiger partial charge is 0.159 e. The van der Waals surface area contributed by atoms with E-state index in [1.54, 1.807) is 6.92 Å². The van der Waals surface area contributed by atoms with Crippen molar-refractivity contribution < 1.29 is 4.79 Å². The lowest BCUT2D eigenvalue weighted by Crippen LogP contribution is -1.93. The van der Waals surface area contributed by atoms with Crippen molar-refractivity contribution in [2.24, 2.45) is 0 Å². The van der Waals surface area contributed by atoms with Crippen LogP contribution in [0.15, 0.2) is 42.5 Å². The molecule has 0 atom stereocenters. The van der Waals surface area contributed by atoms with Gasteiger partial charge < -0.3 is 0 Å². The first-order valence-corrected chi connectivity index (χ1v) is 6.59. The first-order valence-electron chi connectivity index (χ1n) is 5.14. The van der Waals surface area contributed by atoms with Gasteiger partial charge in [0.2, 0.25) is 0 Å². The van der Waals surface area contributed by atoms with Crippen LogP contribution in [0.1, 0.15) is 17.3 Å². The van der Waals surface area contributed by atoms with Crippen LogP contribution in [-0.4, -0.2) is 5.78 Å². The summed E-state index contributed by atoms with van der Waals surface area (Å²) in [6.07, 6.45) is 0. The molecule has 0 radical (unpaired) electrons. The average Bonchev–Trinajstić information content (AvgIpc) is 2.28. The van der Waals surface area contributed by atoms with Crippen LogP contribution in [0.4, 0.5) is 0 Å². The third-order valence-corrected chi connectivity index (χ3v) is 3.32. The van der Waals surface area contributed by atoms with Crippen LogP contribution in [0.2, 0.25) is 5.02 Å². The standard InChI is InChI=1S/C14H10ClIO/c1-9(17)11-5-12(8-14(16)7-11)10-3-2-4-13(15)6-10/h2-8H,1H3. The van der Waals surface area contributed by atoms with Crippen LogP contribution in [0.5, 0.6) is 0 Å². The monoisotopic (exact) mass is 356 g/mol. The Morgan fingerprint density at radius 1 is 1.12 bits per heavy atom. The lowest BCUT2D eigenvalue weighted by atomic mass is 10.0. The first-order chi connectivity index (χ1) is 8.06. The van der Waals surface area contributed by atoms with Crippen LogP contribution in [0.3, 0.4) is 0 Å². The van der Waals surface area contributed by atoms with E-state index in [-0.39, 0.29) is 5.78 Å². The fourth-order valence-corrected chi connectivity index (χ4v) is 2.49. The number of hydrogen-bond acceptors (Lipinski definition) is 1. The summed E-state index contributed by atoms with van der Waals surface area (Å²) in [4.78, 5) is 11.4. The van der Waals surface area contributed by atoms with Gasteiger partial charge in [0, 0.05) is 14.2 Å². The fraction of sp³-hybridized carbons (Fsp3) is 0.0714. The van der Waals surface area contributed by atoms with Gasteiger partial charge in [0.1, 0.15) is 0 Å². The third-order valence-electron chi connectivity index (χ3n) is 2.46. The van der Waals surface area contributed by atoms with Crippen molar-refractivity contribution in [2.75, 3.05) is 0 Å². The predicted octanol–water partition coefficient (Wildman–Crippen LogP) is 4.81. The molecular weight excluding hydrogens is 347 g/mol. The molecule has 0 N–H and O–H groups in total. The second kappa shape index (κ2) is 5.19. The highest BCUT2D eigenvalue weighted by molar-refractivity contribution is 14.1. The van der Waals surface area contributed by atoms with Crippen LogP contribution in [-0.2, 0) is 0 Å². The van der Waals surface area contributed by atoms with Gasteiger partial charge in [0.15, 0.2) is 5.78 Å². The molecule has 17 heavy (non-hydrogen) atoms. The molecule has 0 saturated heterocycles. The second-order valence-electron chi connectivity index (χ2n) is 3.80.